The van der Waals surface area contributed by atoms with E-state index in [1.807, 2.05) is 12.7 Å². The van der Waals surface area contributed by atoms with Crippen LogP contribution in [0, 0.1) is 0 Å². The van der Waals surface area contributed by atoms with Crippen molar-refractivity contribution in [3.05, 3.63) is 36.4 Å². The van der Waals surface area contributed by atoms with E-state index in [4.69, 9.17) is 0 Å². The Morgan fingerprint density at radius 1 is 0.857 bits per heavy atom. The van der Waals surface area contributed by atoms with E-state index in [9.17, 15) is 9.59 Å². The summed E-state index contributed by atoms with van der Waals surface area (Å²) in [5.41, 5.74) is 2.15. The van der Waals surface area contributed by atoms with Gasteiger partial charge in [-0.15, -0.1) is 9.13 Å². The highest BCUT2D eigenvalue weighted by Crippen LogP contribution is 2.14. The van der Waals surface area contributed by atoms with Gasteiger partial charge in [0.2, 0.25) is 0 Å². The SMILES string of the molecule is O=C1NCCc2c[n+](CC3CCCC(C[n+]4cc5n(c4)C(=O)NCC5)N3)cn21. The fourth-order valence-electron chi connectivity index (χ4n) is 4.63. The van der Waals surface area contributed by atoms with Crippen molar-refractivity contribution < 1.29 is 18.7 Å². The van der Waals surface area contributed by atoms with Crippen molar-refractivity contribution in [2.24, 2.45) is 0 Å². The minimum atomic E-state index is -0.0346. The zero-order valence-corrected chi connectivity index (χ0v) is 15.9. The first-order valence-corrected chi connectivity index (χ1v) is 10.2. The number of imidazole rings is 2. The maximum absolute atomic E-state index is 11.9. The summed E-state index contributed by atoms with van der Waals surface area (Å²) >= 11 is 0. The molecule has 1 fully saturated rings. The molecule has 3 N–H and O–H groups in total. The summed E-state index contributed by atoms with van der Waals surface area (Å²) in [6.45, 7) is 3.15. The van der Waals surface area contributed by atoms with E-state index in [-0.39, 0.29) is 12.1 Å². The van der Waals surface area contributed by atoms with Crippen LogP contribution < -0.4 is 25.1 Å². The van der Waals surface area contributed by atoms with E-state index < -0.39 is 0 Å². The van der Waals surface area contributed by atoms with Crippen LogP contribution in [0.2, 0.25) is 0 Å². The van der Waals surface area contributed by atoms with Gasteiger partial charge in [-0.05, 0) is 12.8 Å². The third kappa shape index (κ3) is 3.30. The lowest BCUT2D eigenvalue weighted by molar-refractivity contribution is -0.704. The first-order chi connectivity index (χ1) is 13.7. The molecule has 3 aliphatic heterocycles. The largest absolute Gasteiger partial charge is 0.413 e. The molecule has 3 aliphatic rings. The molecule has 0 aliphatic carbocycles. The summed E-state index contributed by atoms with van der Waals surface area (Å²) in [5, 5.41) is 9.52. The van der Waals surface area contributed by atoms with E-state index in [0.29, 0.717) is 25.2 Å². The molecule has 0 saturated carbocycles. The fraction of sp³-hybridized carbons (Fsp3) is 0.579. The topological polar surface area (TPSA) is 87.8 Å². The van der Waals surface area contributed by atoms with Crippen LogP contribution in [0.5, 0.6) is 0 Å². The van der Waals surface area contributed by atoms with Crippen molar-refractivity contribution in [2.75, 3.05) is 13.1 Å². The van der Waals surface area contributed by atoms with Crippen LogP contribution in [-0.4, -0.2) is 46.4 Å². The number of hydrogen-bond acceptors (Lipinski definition) is 3. The molecular weight excluding hydrogens is 358 g/mol. The highest BCUT2D eigenvalue weighted by atomic mass is 16.2. The van der Waals surface area contributed by atoms with Gasteiger partial charge in [-0.1, -0.05) is 6.42 Å². The first kappa shape index (κ1) is 17.4. The summed E-state index contributed by atoms with van der Waals surface area (Å²) in [4.78, 5) is 23.9. The standard InChI is InChI=1S/C19H25N7O2/c27-18-20-6-4-16-10-23(12-25(16)18)8-14-2-1-3-15(22-14)9-24-11-17-5-7-21-19(28)26(17)13-24/h10-15,22H,1-9H2/p+2. The molecule has 2 unspecified atom stereocenters. The highest BCUT2D eigenvalue weighted by Gasteiger charge is 2.29. The molecule has 0 radical (unpaired) electrons. The molecule has 0 bridgehead atoms. The molecule has 9 nitrogen and oxygen atoms in total. The predicted molar refractivity (Wildman–Crippen MR) is 98.8 cm³/mol. The van der Waals surface area contributed by atoms with Crippen LogP contribution in [0.15, 0.2) is 25.0 Å². The van der Waals surface area contributed by atoms with Crippen molar-refractivity contribution in [2.45, 2.75) is 57.3 Å². The molecule has 5 heterocycles. The summed E-state index contributed by atoms with van der Waals surface area (Å²) in [6, 6.07) is 0.704. The maximum atomic E-state index is 11.9. The number of fused-ring (bicyclic) bond motifs is 2. The average Bonchev–Trinajstić information content (AvgIpc) is 3.27. The Hall–Kier alpha value is -2.68. The highest BCUT2D eigenvalue weighted by molar-refractivity contribution is 5.78. The number of amides is 2. The molecule has 2 atom stereocenters. The number of carbonyl (C=O) groups is 2. The zero-order chi connectivity index (χ0) is 19.1. The number of aromatic nitrogens is 4. The molecule has 2 aromatic rings. The van der Waals surface area contributed by atoms with Gasteiger partial charge >= 0.3 is 12.1 Å². The number of piperidine rings is 1. The van der Waals surface area contributed by atoms with Gasteiger partial charge < -0.3 is 16.0 Å². The van der Waals surface area contributed by atoms with Gasteiger partial charge in [0.1, 0.15) is 25.5 Å². The zero-order valence-electron chi connectivity index (χ0n) is 15.9. The third-order valence-corrected chi connectivity index (χ3v) is 5.97. The summed E-state index contributed by atoms with van der Waals surface area (Å²) in [6.07, 6.45) is 13.2. The van der Waals surface area contributed by atoms with Gasteiger partial charge in [0.05, 0.1) is 0 Å². The van der Waals surface area contributed by atoms with Crippen LogP contribution >= 0.6 is 0 Å². The predicted octanol–water partition coefficient (Wildman–Crippen LogP) is -0.697. The Bertz CT molecular complexity index is 843. The number of hydrogen-bond donors (Lipinski definition) is 3. The molecular formula is C19H27N7O2+2. The van der Waals surface area contributed by atoms with Gasteiger partial charge in [0.25, 0.3) is 12.7 Å². The molecule has 2 amide bonds. The quantitative estimate of drug-likeness (QED) is 0.609. The Labute approximate surface area is 163 Å². The molecule has 1 saturated heterocycles. The average molecular weight is 385 g/mol. The second-order valence-electron chi connectivity index (χ2n) is 8.06. The summed E-state index contributed by atoms with van der Waals surface area (Å²) < 4.78 is 7.70. The fourth-order valence-corrected chi connectivity index (χ4v) is 4.63. The lowest BCUT2D eigenvalue weighted by Gasteiger charge is -2.29. The minimum Gasteiger partial charge on any atom is -0.317 e. The van der Waals surface area contributed by atoms with Crippen LogP contribution in [0.4, 0.5) is 9.59 Å². The third-order valence-electron chi connectivity index (χ3n) is 5.97. The summed E-state index contributed by atoms with van der Waals surface area (Å²) in [5.74, 6) is 0. The van der Waals surface area contributed by atoms with Gasteiger partial charge in [-0.2, -0.15) is 0 Å². The van der Waals surface area contributed by atoms with Crippen LogP contribution in [0.1, 0.15) is 30.7 Å². The lowest BCUT2D eigenvalue weighted by atomic mass is 9.98. The maximum Gasteiger partial charge on any atom is 0.413 e. The van der Waals surface area contributed by atoms with E-state index in [2.05, 4.69) is 37.5 Å². The van der Waals surface area contributed by atoms with Gasteiger partial charge in [-0.3, -0.25) is 0 Å². The second-order valence-corrected chi connectivity index (χ2v) is 8.06. The van der Waals surface area contributed by atoms with Gasteiger partial charge in [-0.25, -0.2) is 18.7 Å². The summed E-state index contributed by atoms with van der Waals surface area (Å²) in [7, 11) is 0. The smallest absolute Gasteiger partial charge is 0.317 e. The van der Waals surface area contributed by atoms with Crippen molar-refractivity contribution in [1.29, 1.82) is 0 Å². The molecule has 2 aromatic heterocycles. The van der Waals surface area contributed by atoms with E-state index >= 15 is 0 Å². The molecule has 148 valence electrons. The minimum absolute atomic E-state index is 0.0346. The van der Waals surface area contributed by atoms with Crippen LogP contribution in [0.25, 0.3) is 0 Å². The van der Waals surface area contributed by atoms with Gasteiger partial charge in [0, 0.05) is 38.0 Å². The van der Waals surface area contributed by atoms with E-state index in [1.54, 1.807) is 9.13 Å². The Morgan fingerprint density at radius 2 is 1.36 bits per heavy atom. The molecule has 9 heteroatoms. The number of nitrogens with zero attached hydrogens (tertiary/aromatic N) is 4. The Kier molecular flexibility index (Phi) is 4.38. The number of nitrogens with one attached hydrogen (secondary N) is 3. The van der Waals surface area contributed by atoms with E-state index in [1.165, 1.54) is 6.42 Å². The number of carbonyl (C=O) groups excluding carboxylic acids is 2. The molecule has 5 rings (SSSR count). The van der Waals surface area contributed by atoms with Crippen molar-refractivity contribution in [1.82, 2.24) is 25.1 Å². The van der Waals surface area contributed by atoms with E-state index in [0.717, 1.165) is 50.2 Å². The molecule has 28 heavy (non-hydrogen) atoms. The lowest BCUT2D eigenvalue weighted by Crippen LogP contribution is -2.54. The van der Waals surface area contributed by atoms with Crippen molar-refractivity contribution >= 4 is 12.1 Å². The number of rotatable bonds is 4. The normalized spacial score (nSPS) is 24.3. The van der Waals surface area contributed by atoms with Crippen molar-refractivity contribution in [3.8, 4) is 0 Å². The van der Waals surface area contributed by atoms with Gasteiger partial charge in [0.15, 0.2) is 11.4 Å². The molecule has 0 aromatic carbocycles. The monoisotopic (exact) mass is 385 g/mol. The Morgan fingerprint density at radius 3 is 1.82 bits per heavy atom. The first-order valence-electron chi connectivity index (χ1n) is 10.2. The van der Waals surface area contributed by atoms with Crippen LogP contribution in [-0.2, 0) is 25.9 Å². The Balaban J connectivity index is 1.23. The van der Waals surface area contributed by atoms with Crippen LogP contribution in [0.3, 0.4) is 0 Å². The second kappa shape index (κ2) is 7.05. The van der Waals surface area contributed by atoms with Crippen molar-refractivity contribution in [3.63, 3.8) is 0 Å². The molecule has 0 spiro atoms.